The van der Waals surface area contributed by atoms with Crippen LogP contribution in [0.2, 0.25) is 0 Å². The summed E-state index contributed by atoms with van der Waals surface area (Å²) in [6.07, 6.45) is 0. The summed E-state index contributed by atoms with van der Waals surface area (Å²) in [5.74, 6) is -0.117. The second-order valence-corrected chi connectivity index (χ2v) is 5.97. The van der Waals surface area contributed by atoms with Crippen molar-refractivity contribution in [3.63, 3.8) is 0 Å². The van der Waals surface area contributed by atoms with Crippen LogP contribution < -0.4 is 10.5 Å². The van der Waals surface area contributed by atoms with E-state index in [0.29, 0.717) is 17.9 Å². The second kappa shape index (κ2) is 7.78. The molecule has 0 aliphatic rings. The van der Waals surface area contributed by atoms with E-state index in [2.05, 4.69) is 15.9 Å². The molecule has 0 aliphatic heterocycles. The molecule has 2 aromatic carbocycles. The number of ether oxygens (including phenoxy) is 1. The summed E-state index contributed by atoms with van der Waals surface area (Å²) in [6.45, 7) is 0.443. The lowest BCUT2D eigenvalue weighted by Crippen LogP contribution is -2.30. The van der Waals surface area contributed by atoms with Crippen LogP contribution in [-0.2, 0) is 11.3 Å². The Balaban J connectivity index is 1.86. The summed E-state index contributed by atoms with van der Waals surface area (Å²) < 4.78 is 6.43. The SMILES string of the molecule is CN(Cc1ccc(Br)cc1)C(=O)COc1ccc(C(N)=O)cc1. The van der Waals surface area contributed by atoms with Gasteiger partial charge in [-0.05, 0) is 42.0 Å². The van der Waals surface area contributed by atoms with Crippen molar-refractivity contribution in [2.24, 2.45) is 5.73 Å². The summed E-state index contributed by atoms with van der Waals surface area (Å²) in [4.78, 5) is 24.7. The third-order valence-corrected chi connectivity index (χ3v) is 3.79. The molecule has 5 nitrogen and oxygen atoms in total. The maximum atomic E-state index is 12.1. The minimum absolute atomic E-state index is 0.0665. The lowest BCUT2D eigenvalue weighted by Gasteiger charge is -2.17. The Labute approximate surface area is 143 Å². The first-order chi connectivity index (χ1) is 11.0. The molecule has 23 heavy (non-hydrogen) atoms. The zero-order valence-electron chi connectivity index (χ0n) is 12.7. The zero-order valence-corrected chi connectivity index (χ0v) is 14.2. The van der Waals surface area contributed by atoms with Crippen LogP contribution >= 0.6 is 15.9 Å². The Morgan fingerprint density at radius 3 is 2.26 bits per heavy atom. The van der Waals surface area contributed by atoms with Crippen molar-refractivity contribution >= 4 is 27.7 Å². The Morgan fingerprint density at radius 2 is 1.70 bits per heavy atom. The maximum absolute atomic E-state index is 12.1. The minimum atomic E-state index is -0.498. The quantitative estimate of drug-likeness (QED) is 0.841. The fourth-order valence-electron chi connectivity index (χ4n) is 1.92. The van der Waals surface area contributed by atoms with E-state index >= 15 is 0 Å². The van der Waals surface area contributed by atoms with Crippen LogP contribution in [0, 0.1) is 0 Å². The number of carbonyl (C=O) groups is 2. The highest BCUT2D eigenvalue weighted by molar-refractivity contribution is 9.10. The van der Waals surface area contributed by atoms with Gasteiger partial charge in [0, 0.05) is 23.6 Å². The zero-order chi connectivity index (χ0) is 16.8. The van der Waals surface area contributed by atoms with Gasteiger partial charge < -0.3 is 15.4 Å². The van der Waals surface area contributed by atoms with Gasteiger partial charge in [0.1, 0.15) is 5.75 Å². The number of benzene rings is 2. The first-order valence-corrected chi connectivity index (χ1v) is 7.76. The number of hydrogen-bond acceptors (Lipinski definition) is 3. The van der Waals surface area contributed by atoms with Crippen molar-refractivity contribution in [2.75, 3.05) is 13.7 Å². The van der Waals surface area contributed by atoms with E-state index in [1.165, 1.54) is 0 Å². The standard InChI is InChI=1S/C17H17BrN2O3/c1-20(10-12-2-6-14(18)7-3-12)16(21)11-23-15-8-4-13(5-9-15)17(19)22/h2-9H,10-11H2,1H3,(H2,19,22). The van der Waals surface area contributed by atoms with Gasteiger partial charge in [-0.2, -0.15) is 0 Å². The molecular weight excluding hydrogens is 360 g/mol. The normalized spacial score (nSPS) is 10.2. The van der Waals surface area contributed by atoms with Crippen molar-refractivity contribution in [3.05, 3.63) is 64.1 Å². The first-order valence-electron chi connectivity index (χ1n) is 6.97. The van der Waals surface area contributed by atoms with Gasteiger partial charge in [0.25, 0.3) is 5.91 Å². The lowest BCUT2D eigenvalue weighted by atomic mass is 10.2. The van der Waals surface area contributed by atoms with Crippen molar-refractivity contribution in [1.82, 2.24) is 4.90 Å². The number of carbonyl (C=O) groups excluding carboxylic acids is 2. The van der Waals surface area contributed by atoms with Crippen LogP contribution in [0.15, 0.2) is 53.0 Å². The van der Waals surface area contributed by atoms with Gasteiger partial charge in [-0.25, -0.2) is 0 Å². The van der Waals surface area contributed by atoms with Crippen LogP contribution in [0.3, 0.4) is 0 Å². The number of nitrogens with two attached hydrogens (primary N) is 1. The lowest BCUT2D eigenvalue weighted by molar-refractivity contribution is -0.132. The Bertz CT molecular complexity index is 684. The molecule has 0 bridgehead atoms. The van der Waals surface area contributed by atoms with E-state index in [1.807, 2.05) is 24.3 Å². The van der Waals surface area contributed by atoms with E-state index in [9.17, 15) is 9.59 Å². The highest BCUT2D eigenvalue weighted by atomic mass is 79.9. The predicted molar refractivity (Wildman–Crippen MR) is 91.1 cm³/mol. The van der Waals surface area contributed by atoms with Gasteiger partial charge in [-0.15, -0.1) is 0 Å². The van der Waals surface area contributed by atoms with Gasteiger partial charge in [0.05, 0.1) is 0 Å². The van der Waals surface area contributed by atoms with Gasteiger partial charge in [0.15, 0.2) is 6.61 Å². The van der Waals surface area contributed by atoms with E-state index in [1.54, 1.807) is 36.2 Å². The van der Waals surface area contributed by atoms with E-state index in [-0.39, 0.29) is 12.5 Å². The Morgan fingerprint density at radius 1 is 1.09 bits per heavy atom. The highest BCUT2D eigenvalue weighted by Crippen LogP contribution is 2.13. The summed E-state index contributed by atoms with van der Waals surface area (Å²) in [5.41, 5.74) is 6.60. The van der Waals surface area contributed by atoms with Crippen molar-refractivity contribution in [1.29, 1.82) is 0 Å². The highest BCUT2D eigenvalue weighted by Gasteiger charge is 2.10. The van der Waals surface area contributed by atoms with Crippen LogP contribution in [0.1, 0.15) is 15.9 Å². The second-order valence-electron chi connectivity index (χ2n) is 5.05. The molecule has 0 unspecified atom stereocenters. The van der Waals surface area contributed by atoms with Crippen molar-refractivity contribution in [3.8, 4) is 5.75 Å². The number of rotatable bonds is 6. The molecule has 6 heteroatoms. The number of amides is 2. The van der Waals surface area contributed by atoms with E-state index in [0.717, 1.165) is 10.0 Å². The molecule has 2 N–H and O–H groups in total. The molecule has 2 amide bonds. The first kappa shape index (κ1) is 17.0. The summed E-state index contributed by atoms with van der Waals surface area (Å²) in [7, 11) is 1.73. The van der Waals surface area contributed by atoms with Crippen molar-refractivity contribution in [2.45, 2.75) is 6.54 Å². The monoisotopic (exact) mass is 376 g/mol. The minimum Gasteiger partial charge on any atom is -0.484 e. The van der Waals surface area contributed by atoms with Crippen LogP contribution in [-0.4, -0.2) is 30.4 Å². The van der Waals surface area contributed by atoms with Crippen LogP contribution in [0.5, 0.6) is 5.75 Å². The molecule has 120 valence electrons. The number of nitrogens with zero attached hydrogens (tertiary/aromatic N) is 1. The van der Waals surface area contributed by atoms with Crippen LogP contribution in [0.4, 0.5) is 0 Å². The smallest absolute Gasteiger partial charge is 0.260 e. The average molecular weight is 377 g/mol. The largest absolute Gasteiger partial charge is 0.484 e. The molecule has 0 atom stereocenters. The van der Waals surface area contributed by atoms with E-state index in [4.69, 9.17) is 10.5 Å². The van der Waals surface area contributed by atoms with Crippen LogP contribution in [0.25, 0.3) is 0 Å². The predicted octanol–water partition coefficient (Wildman–Crippen LogP) is 2.59. The third kappa shape index (κ3) is 5.10. The van der Waals surface area contributed by atoms with Crippen molar-refractivity contribution < 1.29 is 14.3 Å². The van der Waals surface area contributed by atoms with Gasteiger partial charge >= 0.3 is 0 Å². The fourth-order valence-corrected chi connectivity index (χ4v) is 2.19. The molecule has 0 aromatic heterocycles. The van der Waals surface area contributed by atoms with Gasteiger partial charge in [-0.1, -0.05) is 28.1 Å². The molecule has 2 aromatic rings. The molecular formula is C17H17BrN2O3. The molecule has 0 fully saturated rings. The van der Waals surface area contributed by atoms with Gasteiger partial charge in [0.2, 0.25) is 5.91 Å². The number of primary amides is 1. The fraction of sp³-hybridized carbons (Fsp3) is 0.176. The molecule has 2 rings (SSSR count). The molecule has 0 radical (unpaired) electrons. The van der Waals surface area contributed by atoms with Gasteiger partial charge in [-0.3, -0.25) is 9.59 Å². The maximum Gasteiger partial charge on any atom is 0.260 e. The number of halogens is 1. The molecule has 0 saturated carbocycles. The molecule has 0 heterocycles. The summed E-state index contributed by atoms with van der Waals surface area (Å²) in [5, 5.41) is 0. The Kier molecular flexibility index (Phi) is 5.76. The number of likely N-dealkylation sites (N-methyl/N-ethyl adjacent to an activating group) is 1. The van der Waals surface area contributed by atoms with E-state index < -0.39 is 5.91 Å². The Hall–Kier alpha value is -2.34. The average Bonchev–Trinajstić information content (AvgIpc) is 2.55. The molecule has 0 saturated heterocycles. The summed E-state index contributed by atoms with van der Waals surface area (Å²) in [6, 6.07) is 14.1. The topological polar surface area (TPSA) is 72.6 Å². The third-order valence-electron chi connectivity index (χ3n) is 3.26. The number of hydrogen-bond donors (Lipinski definition) is 1. The summed E-state index contributed by atoms with van der Waals surface area (Å²) >= 11 is 3.38. The molecule has 0 aliphatic carbocycles. The molecule has 0 spiro atoms.